The van der Waals surface area contributed by atoms with E-state index < -0.39 is 0 Å². The molecule has 2 rings (SSSR count). The molecule has 110 valence electrons. The van der Waals surface area contributed by atoms with Crippen molar-refractivity contribution in [2.45, 2.75) is 39.5 Å². The number of anilines is 1. The predicted molar refractivity (Wildman–Crippen MR) is 84.1 cm³/mol. The number of likely N-dealkylation sites (tertiary alicyclic amines) is 1. The van der Waals surface area contributed by atoms with Crippen LogP contribution in [0.4, 0.5) is 5.69 Å². The standard InChI is InChI=1S/C17H26N2O/c1-3-18(16-9-7-8-15(2)14-16)13-10-17(20)19-11-5-4-6-12-19/h7-9,14H,3-6,10-13H2,1-2H3. The van der Waals surface area contributed by atoms with Crippen LogP contribution in [-0.2, 0) is 4.79 Å². The maximum Gasteiger partial charge on any atom is 0.224 e. The van der Waals surface area contributed by atoms with Gasteiger partial charge < -0.3 is 9.80 Å². The van der Waals surface area contributed by atoms with Gasteiger partial charge in [0, 0.05) is 38.3 Å². The van der Waals surface area contributed by atoms with Crippen molar-refractivity contribution < 1.29 is 4.79 Å². The molecule has 0 spiro atoms. The minimum atomic E-state index is 0.316. The lowest BCUT2D eigenvalue weighted by Gasteiger charge is -2.29. The van der Waals surface area contributed by atoms with E-state index in [0.29, 0.717) is 12.3 Å². The first-order valence-electron chi connectivity index (χ1n) is 7.80. The van der Waals surface area contributed by atoms with E-state index in [2.05, 4.69) is 43.0 Å². The van der Waals surface area contributed by atoms with Crippen LogP contribution in [0.2, 0.25) is 0 Å². The molecule has 1 aliphatic heterocycles. The number of carbonyl (C=O) groups excluding carboxylic acids is 1. The minimum absolute atomic E-state index is 0.316. The van der Waals surface area contributed by atoms with Crippen LogP contribution >= 0.6 is 0 Å². The van der Waals surface area contributed by atoms with Gasteiger partial charge in [-0.15, -0.1) is 0 Å². The fourth-order valence-electron chi connectivity index (χ4n) is 2.83. The first kappa shape index (κ1) is 14.9. The summed E-state index contributed by atoms with van der Waals surface area (Å²) in [4.78, 5) is 16.5. The Morgan fingerprint density at radius 3 is 2.65 bits per heavy atom. The van der Waals surface area contributed by atoms with Crippen LogP contribution in [0.1, 0.15) is 38.2 Å². The van der Waals surface area contributed by atoms with Gasteiger partial charge in [0.15, 0.2) is 0 Å². The second kappa shape index (κ2) is 7.32. The van der Waals surface area contributed by atoms with Gasteiger partial charge in [0.2, 0.25) is 5.91 Å². The number of amides is 1. The zero-order valence-corrected chi connectivity index (χ0v) is 12.8. The van der Waals surface area contributed by atoms with Crippen LogP contribution in [0, 0.1) is 6.92 Å². The zero-order valence-electron chi connectivity index (χ0n) is 12.8. The molecule has 0 aromatic heterocycles. The average molecular weight is 274 g/mol. The number of benzene rings is 1. The van der Waals surface area contributed by atoms with E-state index in [1.54, 1.807) is 0 Å². The number of hydrogen-bond acceptors (Lipinski definition) is 2. The molecule has 0 N–H and O–H groups in total. The number of nitrogens with zero attached hydrogens (tertiary/aromatic N) is 2. The van der Waals surface area contributed by atoms with Crippen LogP contribution in [0.25, 0.3) is 0 Å². The third kappa shape index (κ3) is 3.99. The molecule has 0 atom stereocenters. The Morgan fingerprint density at radius 1 is 1.25 bits per heavy atom. The largest absolute Gasteiger partial charge is 0.371 e. The van der Waals surface area contributed by atoms with Crippen molar-refractivity contribution in [3.05, 3.63) is 29.8 Å². The molecule has 1 saturated heterocycles. The molecule has 1 amide bonds. The van der Waals surface area contributed by atoms with Crippen molar-refractivity contribution in [2.24, 2.45) is 0 Å². The summed E-state index contributed by atoms with van der Waals surface area (Å²) in [5.41, 5.74) is 2.49. The van der Waals surface area contributed by atoms with E-state index in [0.717, 1.165) is 26.2 Å². The molecular weight excluding hydrogens is 248 g/mol. The Kier molecular flexibility index (Phi) is 5.45. The first-order valence-corrected chi connectivity index (χ1v) is 7.80. The molecule has 1 aromatic carbocycles. The molecule has 1 heterocycles. The highest BCUT2D eigenvalue weighted by Gasteiger charge is 2.17. The van der Waals surface area contributed by atoms with Gasteiger partial charge in [0.1, 0.15) is 0 Å². The number of hydrogen-bond donors (Lipinski definition) is 0. The molecule has 1 fully saturated rings. The number of piperidine rings is 1. The number of rotatable bonds is 5. The Hall–Kier alpha value is -1.51. The summed E-state index contributed by atoms with van der Waals surface area (Å²) in [6.45, 7) is 7.92. The van der Waals surface area contributed by atoms with Crippen LogP contribution in [-0.4, -0.2) is 37.0 Å². The van der Waals surface area contributed by atoms with Gasteiger partial charge in [-0.1, -0.05) is 12.1 Å². The van der Waals surface area contributed by atoms with Crippen LogP contribution in [0.3, 0.4) is 0 Å². The summed E-state index contributed by atoms with van der Waals surface area (Å²) in [6.07, 6.45) is 4.23. The fourth-order valence-corrected chi connectivity index (χ4v) is 2.83. The SMILES string of the molecule is CCN(CCC(=O)N1CCCCC1)c1cccc(C)c1. The van der Waals surface area contributed by atoms with Crippen molar-refractivity contribution in [2.75, 3.05) is 31.1 Å². The van der Waals surface area contributed by atoms with Crippen molar-refractivity contribution in [3.8, 4) is 0 Å². The zero-order chi connectivity index (χ0) is 14.4. The summed E-state index contributed by atoms with van der Waals surface area (Å²) >= 11 is 0. The molecule has 0 radical (unpaired) electrons. The molecule has 1 aliphatic rings. The van der Waals surface area contributed by atoms with Crippen LogP contribution in [0.15, 0.2) is 24.3 Å². The van der Waals surface area contributed by atoms with Crippen molar-refractivity contribution in [1.29, 1.82) is 0 Å². The van der Waals surface area contributed by atoms with E-state index in [1.165, 1.54) is 30.5 Å². The minimum Gasteiger partial charge on any atom is -0.371 e. The van der Waals surface area contributed by atoms with Gasteiger partial charge in [-0.05, 0) is 50.8 Å². The monoisotopic (exact) mass is 274 g/mol. The predicted octanol–water partition coefficient (Wildman–Crippen LogP) is 3.22. The fraction of sp³-hybridized carbons (Fsp3) is 0.588. The maximum atomic E-state index is 12.2. The van der Waals surface area contributed by atoms with Crippen LogP contribution in [0.5, 0.6) is 0 Å². The van der Waals surface area contributed by atoms with E-state index in [4.69, 9.17) is 0 Å². The second-order valence-corrected chi connectivity index (χ2v) is 5.61. The Morgan fingerprint density at radius 2 is 2.00 bits per heavy atom. The van der Waals surface area contributed by atoms with Gasteiger partial charge in [-0.3, -0.25) is 4.79 Å². The molecule has 0 bridgehead atoms. The van der Waals surface area contributed by atoms with Crippen molar-refractivity contribution in [3.63, 3.8) is 0 Å². The van der Waals surface area contributed by atoms with Gasteiger partial charge in [0.25, 0.3) is 0 Å². The normalized spacial score (nSPS) is 15.2. The maximum absolute atomic E-state index is 12.2. The Bertz CT molecular complexity index is 438. The van der Waals surface area contributed by atoms with Gasteiger partial charge in [0.05, 0.1) is 0 Å². The van der Waals surface area contributed by atoms with Gasteiger partial charge in [-0.25, -0.2) is 0 Å². The highest BCUT2D eigenvalue weighted by atomic mass is 16.2. The molecule has 0 unspecified atom stereocenters. The molecule has 0 saturated carbocycles. The Labute approximate surface area is 122 Å². The third-order valence-corrected chi connectivity index (χ3v) is 4.05. The number of carbonyl (C=O) groups is 1. The van der Waals surface area contributed by atoms with Crippen LogP contribution < -0.4 is 4.90 Å². The first-order chi connectivity index (χ1) is 9.70. The molecule has 1 aromatic rings. The van der Waals surface area contributed by atoms with Gasteiger partial charge >= 0.3 is 0 Å². The molecule has 0 aliphatic carbocycles. The van der Waals surface area contributed by atoms with E-state index in [1.807, 2.05) is 4.90 Å². The Balaban J connectivity index is 1.88. The summed E-state index contributed by atoms with van der Waals surface area (Å²) in [5.74, 6) is 0.316. The average Bonchev–Trinajstić information content (AvgIpc) is 2.48. The lowest BCUT2D eigenvalue weighted by atomic mass is 10.1. The summed E-state index contributed by atoms with van der Waals surface area (Å²) in [5, 5.41) is 0. The quantitative estimate of drug-likeness (QED) is 0.823. The topological polar surface area (TPSA) is 23.6 Å². The molecule has 3 nitrogen and oxygen atoms in total. The summed E-state index contributed by atoms with van der Waals surface area (Å²) < 4.78 is 0. The van der Waals surface area contributed by atoms with E-state index >= 15 is 0 Å². The van der Waals surface area contributed by atoms with Crippen molar-refractivity contribution >= 4 is 11.6 Å². The lowest BCUT2D eigenvalue weighted by molar-refractivity contribution is -0.131. The van der Waals surface area contributed by atoms with E-state index in [9.17, 15) is 4.79 Å². The molecule has 20 heavy (non-hydrogen) atoms. The highest BCUT2D eigenvalue weighted by Crippen LogP contribution is 2.17. The molecular formula is C17H26N2O. The summed E-state index contributed by atoms with van der Waals surface area (Å²) in [6, 6.07) is 8.51. The smallest absolute Gasteiger partial charge is 0.224 e. The van der Waals surface area contributed by atoms with E-state index in [-0.39, 0.29) is 0 Å². The lowest BCUT2D eigenvalue weighted by Crippen LogP contribution is -2.37. The molecule has 3 heteroatoms. The number of aryl methyl sites for hydroxylation is 1. The van der Waals surface area contributed by atoms with Crippen molar-refractivity contribution in [1.82, 2.24) is 4.90 Å². The second-order valence-electron chi connectivity index (χ2n) is 5.61. The van der Waals surface area contributed by atoms with Gasteiger partial charge in [-0.2, -0.15) is 0 Å². The highest BCUT2D eigenvalue weighted by molar-refractivity contribution is 5.77. The summed E-state index contributed by atoms with van der Waals surface area (Å²) in [7, 11) is 0. The third-order valence-electron chi connectivity index (χ3n) is 4.05.